The lowest BCUT2D eigenvalue weighted by atomic mass is 9.68. The van der Waals surface area contributed by atoms with Crippen LogP contribution >= 0.6 is 0 Å². The van der Waals surface area contributed by atoms with Gasteiger partial charge in [-0.15, -0.1) is 0 Å². The molecule has 1 aliphatic carbocycles. The maximum atomic E-state index is 13.2. The SMILES string of the molecule is NC(=O)CN1CCC[C@]2(CO)CCN(C(=O)C3Cc4ccccc4C3)C[C@@H]12. The van der Waals surface area contributed by atoms with Gasteiger partial charge in [-0.25, -0.2) is 0 Å². The average molecular weight is 371 g/mol. The molecule has 0 bridgehead atoms. The van der Waals surface area contributed by atoms with E-state index in [1.807, 2.05) is 17.0 Å². The van der Waals surface area contributed by atoms with Gasteiger partial charge in [0.25, 0.3) is 0 Å². The number of amides is 2. The summed E-state index contributed by atoms with van der Waals surface area (Å²) in [5.74, 6) is -0.127. The lowest BCUT2D eigenvalue weighted by Crippen LogP contribution is -2.64. The molecule has 6 heteroatoms. The minimum absolute atomic E-state index is 0.00484. The summed E-state index contributed by atoms with van der Waals surface area (Å²) in [5.41, 5.74) is 7.80. The second kappa shape index (κ2) is 7.24. The summed E-state index contributed by atoms with van der Waals surface area (Å²) >= 11 is 0. The van der Waals surface area contributed by atoms with Crippen molar-refractivity contribution >= 4 is 11.8 Å². The fourth-order valence-electron chi connectivity index (χ4n) is 5.45. The van der Waals surface area contributed by atoms with Crippen LogP contribution in [-0.4, -0.2) is 65.5 Å². The quantitative estimate of drug-likeness (QED) is 0.810. The van der Waals surface area contributed by atoms with E-state index in [2.05, 4.69) is 17.0 Å². The second-order valence-electron chi connectivity index (χ2n) is 8.48. The standard InChI is InChI=1S/C21H29N3O3/c22-19(26)13-23-8-3-6-21(14-25)7-9-24(12-18(21)23)20(27)17-10-15-4-1-2-5-16(15)11-17/h1-2,4-5,17-18,25H,3,6-14H2,(H2,22,26)/t18-,21-/m1/s1. The molecule has 2 atom stereocenters. The first-order chi connectivity index (χ1) is 13.0. The van der Waals surface area contributed by atoms with Crippen molar-refractivity contribution < 1.29 is 14.7 Å². The molecule has 2 heterocycles. The maximum absolute atomic E-state index is 13.2. The average Bonchev–Trinajstić information content (AvgIpc) is 3.11. The summed E-state index contributed by atoms with van der Waals surface area (Å²) < 4.78 is 0. The zero-order valence-corrected chi connectivity index (χ0v) is 15.8. The van der Waals surface area contributed by atoms with Gasteiger partial charge in [-0.3, -0.25) is 14.5 Å². The van der Waals surface area contributed by atoms with E-state index >= 15 is 0 Å². The summed E-state index contributed by atoms with van der Waals surface area (Å²) in [6.07, 6.45) is 4.31. The van der Waals surface area contributed by atoms with E-state index in [4.69, 9.17) is 5.73 Å². The molecule has 0 saturated carbocycles. The highest BCUT2D eigenvalue weighted by atomic mass is 16.3. The van der Waals surface area contributed by atoms with Gasteiger partial charge in [-0.2, -0.15) is 0 Å². The van der Waals surface area contributed by atoms with Crippen LogP contribution in [-0.2, 0) is 22.4 Å². The molecule has 2 saturated heterocycles. The lowest BCUT2D eigenvalue weighted by Gasteiger charge is -2.54. The van der Waals surface area contributed by atoms with E-state index < -0.39 is 0 Å². The molecular weight excluding hydrogens is 342 g/mol. The van der Waals surface area contributed by atoms with E-state index in [1.54, 1.807) is 0 Å². The Hall–Kier alpha value is -1.92. The van der Waals surface area contributed by atoms with Gasteiger partial charge in [-0.1, -0.05) is 24.3 Å². The number of hydrogen-bond acceptors (Lipinski definition) is 4. The van der Waals surface area contributed by atoms with Crippen molar-refractivity contribution in [2.75, 3.05) is 32.8 Å². The number of aliphatic hydroxyl groups excluding tert-OH is 1. The Morgan fingerprint density at radius 1 is 1.15 bits per heavy atom. The minimum atomic E-state index is -0.349. The van der Waals surface area contributed by atoms with Crippen molar-refractivity contribution in [3.05, 3.63) is 35.4 Å². The van der Waals surface area contributed by atoms with Crippen molar-refractivity contribution in [2.24, 2.45) is 17.1 Å². The number of benzene rings is 1. The molecule has 2 amide bonds. The van der Waals surface area contributed by atoms with Crippen LogP contribution < -0.4 is 5.73 Å². The maximum Gasteiger partial charge on any atom is 0.231 e. The Morgan fingerprint density at radius 2 is 1.85 bits per heavy atom. The molecular formula is C21H29N3O3. The zero-order valence-electron chi connectivity index (χ0n) is 15.8. The number of rotatable bonds is 4. The molecule has 27 heavy (non-hydrogen) atoms. The first-order valence-electron chi connectivity index (χ1n) is 10.0. The number of fused-ring (bicyclic) bond motifs is 2. The van der Waals surface area contributed by atoms with Gasteiger partial charge >= 0.3 is 0 Å². The zero-order chi connectivity index (χ0) is 19.0. The van der Waals surface area contributed by atoms with Crippen LogP contribution in [0, 0.1) is 11.3 Å². The van der Waals surface area contributed by atoms with Gasteiger partial charge < -0.3 is 15.7 Å². The Bertz CT molecular complexity index is 712. The van der Waals surface area contributed by atoms with E-state index in [1.165, 1.54) is 11.1 Å². The Labute approximate surface area is 160 Å². The van der Waals surface area contributed by atoms with Gasteiger partial charge in [0.05, 0.1) is 13.2 Å². The monoisotopic (exact) mass is 371 g/mol. The van der Waals surface area contributed by atoms with Crippen molar-refractivity contribution in [1.82, 2.24) is 9.80 Å². The van der Waals surface area contributed by atoms with Crippen molar-refractivity contribution in [1.29, 1.82) is 0 Å². The van der Waals surface area contributed by atoms with E-state index in [0.29, 0.717) is 13.1 Å². The third kappa shape index (κ3) is 3.36. The van der Waals surface area contributed by atoms with Crippen LogP contribution in [0.4, 0.5) is 0 Å². The molecule has 1 aromatic carbocycles. The molecule has 0 aromatic heterocycles. The smallest absolute Gasteiger partial charge is 0.231 e. The summed E-state index contributed by atoms with van der Waals surface area (Å²) in [7, 11) is 0. The molecule has 146 valence electrons. The molecule has 2 fully saturated rings. The van der Waals surface area contributed by atoms with Crippen LogP contribution in [0.3, 0.4) is 0 Å². The number of aliphatic hydroxyl groups is 1. The Kier molecular flexibility index (Phi) is 4.95. The largest absolute Gasteiger partial charge is 0.396 e. The first-order valence-corrected chi connectivity index (χ1v) is 10.0. The third-order valence-corrected chi connectivity index (χ3v) is 6.93. The predicted molar refractivity (Wildman–Crippen MR) is 102 cm³/mol. The van der Waals surface area contributed by atoms with Gasteiger partial charge in [-0.05, 0) is 49.8 Å². The molecule has 0 spiro atoms. The lowest BCUT2D eigenvalue weighted by molar-refractivity contribution is -0.145. The number of piperidine rings is 2. The van der Waals surface area contributed by atoms with Crippen molar-refractivity contribution in [2.45, 2.75) is 38.1 Å². The predicted octanol–water partition coefficient (Wildman–Crippen LogP) is 0.562. The highest BCUT2D eigenvalue weighted by molar-refractivity contribution is 5.81. The van der Waals surface area contributed by atoms with Crippen LogP contribution in [0.1, 0.15) is 30.4 Å². The van der Waals surface area contributed by atoms with Gasteiger partial charge in [0.1, 0.15) is 0 Å². The molecule has 3 aliphatic rings. The topological polar surface area (TPSA) is 86.9 Å². The van der Waals surface area contributed by atoms with E-state index in [0.717, 1.165) is 38.6 Å². The normalized spacial score (nSPS) is 28.6. The van der Waals surface area contributed by atoms with E-state index in [-0.39, 0.29) is 42.3 Å². The fraction of sp³-hybridized carbons (Fsp3) is 0.619. The number of primary amides is 1. The summed E-state index contributed by atoms with van der Waals surface area (Å²) in [6.45, 7) is 2.37. The molecule has 6 nitrogen and oxygen atoms in total. The minimum Gasteiger partial charge on any atom is -0.396 e. The Balaban J connectivity index is 1.49. The first kappa shape index (κ1) is 18.4. The number of carbonyl (C=O) groups is 2. The van der Waals surface area contributed by atoms with Gasteiger partial charge in [0, 0.05) is 30.5 Å². The van der Waals surface area contributed by atoms with Crippen molar-refractivity contribution in [3.8, 4) is 0 Å². The van der Waals surface area contributed by atoms with Crippen LogP contribution in [0.15, 0.2) is 24.3 Å². The van der Waals surface area contributed by atoms with Crippen LogP contribution in [0.5, 0.6) is 0 Å². The summed E-state index contributed by atoms with van der Waals surface area (Å²) in [6, 6.07) is 8.30. The number of nitrogens with two attached hydrogens (primary N) is 1. The van der Waals surface area contributed by atoms with E-state index in [9.17, 15) is 14.7 Å². The highest BCUT2D eigenvalue weighted by Gasteiger charge is 2.49. The third-order valence-electron chi connectivity index (χ3n) is 6.93. The second-order valence-corrected chi connectivity index (χ2v) is 8.48. The molecule has 0 radical (unpaired) electrons. The molecule has 3 N–H and O–H groups in total. The van der Waals surface area contributed by atoms with Gasteiger partial charge in [0.15, 0.2) is 0 Å². The molecule has 1 aromatic rings. The summed E-state index contributed by atoms with van der Waals surface area (Å²) in [5, 5.41) is 10.1. The molecule has 4 rings (SSSR count). The molecule has 2 aliphatic heterocycles. The number of carbonyl (C=O) groups excluding carboxylic acids is 2. The number of nitrogens with zero attached hydrogens (tertiary/aromatic N) is 2. The fourth-order valence-corrected chi connectivity index (χ4v) is 5.45. The summed E-state index contributed by atoms with van der Waals surface area (Å²) in [4.78, 5) is 28.8. The highest BCUT2D eigenvalue weighted by Crippen LogP contribution is 2.42. The van der Waals surface area contributed by atoms with Gasteiger partial charge in [0.2, 0.25) is 11.8 Å². The van der Waals surface area contributed by atoms with Crippen LogP contribution in [0.25, 0.3) is 0 Å². The molecule has 0 unspecified atom stereocenters. The van der Waals surface area contributed by atoms with Crippen LogP contribution in [0.2, 0.25) is 0 Å². The number of likely N-dealkylation sites (tertiary alicyclic amines) is 2. The number of hydrogen-bond donors (Lipinski definition) is 2. The Morgan fingerprint density at radius 3 is 2.48 bits per heavy atom. The van der Waals surface area contributed by atoms with Crippen molar-refractivity contribution in [3.63, 3.8) is 0 Å².